The van der Waals surface area contributed by atoms with Gasteiger partial charge in [-0.3, -0.25) is 4.98 Å². The minimum absolute atomic E-state index is 0.227. The average molecular weight is 275 g/mol. The number of likely N-dealkylation sites (N-methyl/N-ethyl adjacent to an activating group) is 1. The van der Waals surface area contributed by atoms with Crippen LogP contribution in [0.2, 0.25) is 5.02 Å². The van der Waals surface area contributed by atoms with E-state index in [1.54, 1.807) is 6.20 Å². The SMILES string of the molecule is CCNC(Cc1ccc(C)cc1)c1ccc(Cl)cn1. The van der Waals surface area contributed by atoms with Crippen molar-refractivity contribution in [1.29, 1.82) is 0 Å². The fourth-order valence-electron chi connectivity index (χ4n) is 2.08. The second kappa shape index (κ2) is 6.69. The van der Waals surface area contributed by atoms with Gasteiger partial charge >= 0.3 is 0 Å². The molecule has 1 atom stereocenters. The van der Waals surface area contributed by atoms with Gasteiger partial charge in [-0.2, -0.15) is 0 Å². The Labute approximate surface area is 119 Å². The maximum atomic E-state index is 5.89. The van der Waals surface area contributed by atoms with Crippen molar-refractivity contribution in [2.75, 3.05) is 6.54 Å². The Hall–Kier alpha value is -1.38. The van der Waals surface area contributed by atoms with Gasteiger partial charge in [-0.05, 0) is 37.6 Å². The van der Waals surface area contributed by atoms with Crippen molar-refractivity contribution in [1.82, 2.24) is 10.3 Å². The normalized spacial score (nSPS) is 12.4. The van der Waals surface area contributed by atoms with Gasteiger partial charge in [0.05, 0.1) is 16.8 Å². The number of benzene rings is 1. The molecule has 1 aromatic carbocycles. The summed E-state index contributed by atoms with van der Waals surface area (Å²) in [4.78, 5) is 4.42. The zero-order chi connectivity index (χ0) is 13.7. The molecule has 0 spiro atoms. The summed E-state index contributed by atoms with van der Waals surface area (Å²) in [6.07, 6.45) is 2.64. The maximum Gasteiger partial charge on any atom is 0.0589 e. The summed E-state index contributed by atoms with van der Waals surface area (Å²) < 4.78 is 0. The van der Waals surface area contributed by atoms with Crippen molar-refractivity contribution < 1.29 is 0 Å². The molecule has 0 saturated carbocycles. The second-order valence-corrected chi connectivity index (χ2v) is 5.14. The van der Waals surface area contributed by atoms with Gasteiger partial charge in [-0.1, -0.05) is 48.4 Å². The lowest BCUT2D eigenvalue weighted by Crippen LogP contribution is -2.23. The number of pyridine rings is 1. The van der Waals surface area contributed by atoms with Crippen LogP contribution < -0.4 is 5.32 Å². The molecule has 100 valence electrons. The topological polar surface area (TPSA) is 24.9 Å². The molecule has 0 amide bonds. The van der Waals surface area contributed by atoms with Crippen LogP contribution in [0, 0.1) is 6.92 Å². The first-order chi connectivity index (χ1) is 9.19. The molecule has 0 bridgehead atoms. The molecule has 1 N–H and O–H groups in total. The third-order valence-corrected chi connectivity index (χ3v) is 3.34. The largest absolute Gasteiger partial charge is 0.309 e. The van der Waals surface area contributed by atoms with Crippen LogP contribution in [0.15, 0.2) is 42.6 Å². The average Bonchev–Trinajstić information content (AvgIpc) is 2.42. The Balaban J connectivity index is 2.15. The molecule has 0 saturated heterocycles. The lowest BCUT2D eigenvalue weighted by molar-refractivity contribution is 0.537. The van der Waals surface area contributed by atoms with Crippen LogP contribution in [-0.2, 0) is 6.42 Å². The van der Waals surface area contributed by atoms with Crippen LogP contribution in [0.1, 0.15) is 29.8 Å². The van der Waals surface area contributed by atoms with E-state index in [-0.39, 0.29) is 6.04 Å². The molecule has 2 rings (SSSR count). The van der Waals surface area contributed by atoms with Gasteiger partial charge in [0, 0.05) is 6.20 Å². The number of hydrogen-bond acceptors (Lipinski definition) is 2. The summed E-state index contributed by atoms with van der Waals surface area (Å²) in [6, 6.07) is 12.8. The first-order valence-corrected chi connectivity index (χ1v) is 6.97. The number of hydrogen-bond donors (Lipinski definition) is 1. The van der Waals surface area contributed by atoms with Gasteiger partial charge in [-0.25, -0.2) is 0 Å². The predicted octanol–water partition coefficient (Wildman–Crippen LogP) is 3.94. The Morgan fingerprint density at radius 1 is 1.16 bits per heavy atom. The number of nitrogens with zero attached hydrogens (tertiary/aromatic N) is 1. The van der Waals surface area contributed by atoms with Crippen molar-refractivity contribution in [3.63, 3.8) is 0 Å². The van der Waals surface area contributed by atoms with E-state index in [1.165, 1.54) is 11.1 Å². The van der Waals surface area contributed by atoms with Gasteiger partial charge < -0.3 is 5.32 Å². The predicted molar refractivity (Wildman–Crippen MR) is 80.5 cm³/mol. The molecule has 2 aromatic rings. The Bertz CT molecular complexity index is 505. The van der Waals surface area contributed by atoms with E-state index < -0.39 is 0 Å². The molecule has 0 aliphatic carbocycles. The van der Waals surface area contributed by atoms with E-state index in [1.807, 2.05) is 12.1 Å². The van der Waals surface area contributed by atoms with Crippen LogP contribution >= 0.6 is 11.6 Å². The summed E-state index contributed by atoms with van der Waals surface area (Å²) in [5.74, 6) is 0. The molecule has 1 aromatic heterocycles. The number of rotatable bonds is 5. The third-order valence-electron chi connectivity index (χ3n) is 3.12. The lowest BCUT2D eigenvalue weighted by Gasteiger charge is -2.17. The molecular formula is C16H19ClN2. The van der Waals surface area contributed by atoms with Gasteiger partial charge in [0.1, 0.15) is 0 Å². The van der Waals surface area contributed by atoms with E-state index >= 15 is 0 Å². The molecule has 0 fully saturated rings. The Morgan fingerprint density at radius 2 is 1.89 bits per heavy atom. The van der Waals surface area contributed by atoms with E-state index in [0.717, 1.165) is 18.7 Å². The van der Waals surface area contributed by atoms with Crippen LogP contribution in [0.5, 0.6) is 0 Å². The minimum Gasteiger partial charge on any atom is -0.309 e. The highest BCUT2D eigenvalue weighted by Crippen LogP contribution is 2.18. The van der Waals surface area contributed by atoms with Crippen molar-refractivity contribution in [3.8, 4) is 0 Å². The van der Waals surface area contributed by atoms with E-state index in [9.17, 15) is 0 Å². The molecule has 1 heterocycles. The Kier molecular flexibility index (Phi) is 4.94. The van der Waals surface area contributed by atoms with Crippen LogP contribution in [0.3, 0.4) is 0 Å². The summed E-state index contributed by atoms with van der Waals surface area (Å²) >= 11 is 5.89. The van der Waals surface area contributed by atoms with Gasteiger partial charge in [0.2, 0.25) is 0 Å². The highest BCUT2D eigenvalue weighted by atomic mass is 35.5. The first-order valence-electron chi connectivity index (χ1n) is 6.59. The monoisotopic (exact) mass is 274 g/mol. The van der Waals surface area contributed by atoms with Crippen molar-refractivity contribution in [2.24, 2.45) is 0 Å². The number of aromatic nitrogens is 1. The highest BCUT2D eigenvalue weighted by Gasteiger charge is 2.12. The summed E-state index contributed by atoms with van der Waals surface area (Å²) in [5.41, 5.74) is 3.63. The molecule has 0 aliphatic heterocycles. The van der Waals surface area contributed by atoms with Crippen molar-refractivity contribution in [3.05, 3.63) is 64.4 Å². The second-order valence-electron chi connectivity index (χ2n) is 4.70. The zero-order valence-corrected chi connectivity index (χ0v) is 12.1. The maximum absolute atomic E-state index is 5.89. The minimum atomic E-state index is 0.227. The number of nitrogens with one attached hydrogen (secondary N) is 1. The summed E-state index contributed by atoms with van der Waals surface area (Å²) in [7, 11) is 0. The third kappa shape index (κ3) is 4.05. The number of halogens is 1. The van der Waals surface area contributed by atoms with Gasteiger partial charge in [0.15, 0.2) is 0 Å². The molecule has 0 aliphatic rings. The quantitative estimate of drug-likeness (QED) is 0.893. The lowest BCUT2D eigenvalue weighted by atomic mass is 10.0. The highest BCUT2D eigenvalue weighted by molar-refractivity contribution is 6.30. The zero-order valence-electron chi connectivity index (χ0n) is 11.4. The molecular weight excluding hydrogens is 256 g/mol. The summed E-state index contributed by atoms with van der Waals surface area (Å²) in [5, 5.41) is 4.15. The van der Waals surface area contributed by atoms with Gasteiger partial charge in [0.25, 0.3) is 0 Å². The molecule has 1 unspecified atom stereocenters. The molecule has 0 radical (unpaired) electrons. The number of aryl methyl sites for hydroxylation is 1. The molecule has 3 heteroatoms. The van der Waals surface area contributed by atoms with Crippen LogP contribution in [0.4, 0.5) is 0 Å². The fraction of sp³-hybridized carbons (Fsp3) is 0.312. The smallest absolute Gasteiger partial charge is 0.0589 e. The fourth-order valence-corrected chi connectivity index (χ4v) is 2.19. The standard InChI is InChI=1S/C16H19ClN2/c1-3-18-16(15-9-8-14(17)11-19-15)10-13-6-4-12(2)5-7-13/h4-9,11,16,18H,3,10H2,1-2H3. The Morgan fingerprint density at radius 3 is 2.47 bits per heavy atom. The van der Waals surface area contributed by atoms with Crippen molar-refractivity contribution >= 4 is 11.6 Å². The van der Waals surface area contributed by atoms with Crippen LogP contribution in [0.25, 0.3) is 0 Å². The van der Waals surface area contributed by atoms with Gasteiger partial charge in [-0.15, -0.1) is 0 Å². The van der Waals surface area contributed by atoms with E-state index in [4.69, 9.17) is 11.6 Å². The summed E-state index contributed by atoms with van der Waals surface area (Å²) in [6.45, 7) is 5.13. The first kappa shape index (κ1) is 14.0. The van der Waals surface area contributed by atoms with E-state index in [2.05, 4.69) is 48.4 Å². The molecule has 2 nitrogen and oxygen atoms in total. The molecule has 19 heavy (non-hydrogen) atoms. The van der Waals surface area contributed by atoms with Crippen LogP contribution in [-0.4, -0.2) is 11.5 Å². The van der Waals surface area contributed by atoms with E-state index in [0.29, 0.717) is 5.02 Å². The van der Waals surface area contributed by atoms with Crippen molar-refractivity contribution in [2.45, 2.75) is 26.3 Å².